The minimum atomic E-state index is -1.66. The summed E-state index contributed by atoms with van der Waals surface area (Å²) in [4.78, 5) is 103. The lowest BCUT2D eigenvalue weighted by atomic mass is 9.75. The van der Waals surface area contributed by atoms with Crippen LogP contribution in [0.2, 0.25) is 0 Å². The minimum absolute atomic E-state index is 0.0473. The number of fused-ring (bicyclic) bond motifs is 2. The lowest BCUT2D eigenvalue weighted by Gasteiger charge is -2.34. The smallest absolute Gasteiger partial charge is 0.421 e. The Morgan fingerprint density at radius 3 is 1.23 bits per heavy atom. The van der Waals surface area contributed by atoms with E-state index in [9.17, 15) is 48.6 Å². The molecule has 0 spiro atoms. The molecule has 19 nitrogen and oxygen atoms in total. The van der Waals surface area contributed by atoms with Gasteiger partial charge in [-0.3, -0.25) is 28.8 Å². The summed E-state index contributed by atoms with van der Waals surface area (Å²) < 4.78 is 28.1. The fourth-order valence-corrected chi connectivity index (χ4v) is 8.30. The highest BCUT2D eigenvalue weighted by Crippen LogP contribution is 2.47. The Kier molecular flexibility index (Phi) is 15.0. The van der Waals surface area contributed by atoms with Crippen LogP contribution in [0.3, 0.4) is 0 Å². The number of nitrogens with zero attached hydrogens (tertiary/aromatic N) is 4. The molecule has 328 valence electrons. The number of hydrogen-bond donors (Lipinski definition) is 2. The first kappa shape index (κ1) is 44.9. The van der Waals surface area contributed by atoms with Crippen molar-refractivity contribution in [2.75, 3.05) is 66.1 Å². The number of carboxylic acid groups (broad SMARTS) is 2. The molecule has 6 aliphatic rings. The van der Waals surface area contributed by atoms with Crippen LogP contribution in [0.4, 0.5) is 9.59 Å². The van der Waals surface area contributed by atoms with E-state index in [2.05, 4.69) is 0 Å². The van der Waals surface area contributed by atoms with Gasteiger partial charge in [0, 0.05) is 38.5 Å². The van der Waals surface area contributed by atoms with Crippen LogP contribution in [-0.2, 0) is 52.5 Å². The summed E-state index contributed by atoms with van der Waals surface area (Å²) >= 11 is 0. The van der Waals surface area contributed by atoms with Gasteiger partial charge in [0.2, 0.25) is 23.6 Å². The molecule has 8 amide bonds. The SMILES string of the molecule is O=C(O)N1C(=O)CCC(N2C=C3C=CC=CC3(CCCOCCOCCOCCOCCOCCCC34C=CC=CC3=CN(C3CCC(=O)N(C(=O)O)C3=O)C4=O)C2=O)C1=O. The fourth-order valence-electron chi connectivity index (χ4n) is 8.30. The van der Waals surface area contributed by atoms with Gasteiger partial charge in [0.25, 0.3) is 11.8 Å². The molecule has 2 N–H and O–H groups in total. The van der Waals surface area contributed by atoms with Gasteiger partial charge in [-0.15, -0.1) is 0 Å². The van der Waals surface area contributed by atoms with Crippen LogP contribution in [0.25, 0.3) is 0 Å². The molecule has 0 aromatic rings. The molecule has 0 radical (unpaired) electrons. The van der Waals surface area contributed by atoms with Crippen LogP contribution in [0, 0.1) is 10.8 Å². The van der Waals surface area contributed by atoms with Crippen molar-refractivity contribution in [3.63, 3.8) is 0 Å². The van der Waals surface area contributed by atoms with E-state index in [1.54, 1.807) is 61.0 Å². The summed E-state index contributed by atoms with van der Waals surface area (Å²) in [6, 6.07) is -2.15. The molecule has 4 unspecified atom stereocenters. The van der Waals surface area contributed by atoms with Gasteiger partial charge >= 0.3 is 12.2 Å². The van der Waals surface area contributed by atoms with Gasteiger partial charge in [-0.05, 0) is 49.7 Å². The minimum Gasteiger partial charge on any atom is -0.464 e. The van der Waals surface area contributed by atoms with Crippen LogP contribution in [0.1, 0.15) is 51.4 Å². The normalized spacial score (nSPS) is 25.8. The van der Waals surface area contributed by atoms with Crippen LogP contribution in [0.5, 0.6) is 0 Å². The number of piperidine rings is 2. The molecule has 4 atom stereocenters. The lowest BCUT2D eigenvalue weighted by Crippen LogP contribution is -2.56. The first-order valence-electron chi connectivity index (χ1n) is 20.3. The van der Waals surface area contributed by atoms with E-state index in [-0.39, 0.29) is 47.3 Å². The van der Waals surface area contributed by atoms with Crippen molar-refractivity contribution >= 4 is 47.6 Å². The number of rotatable bonds is 22. The Balaban J connectivity index is 0.773. The molecule has 6 rings (SSSR count). The highest BCUT2D eigenvalue weighted by atomic mass is 16.6. The number of imide groups is 6. The van der Waals surface area contributed by atoms with E-state index in [0.29, 0.717) is 103 Å². The standard InChI is InChI=1S/C42H50N4O15/c47-33-11-9-31(35(49)45(33)39(53)54)43-27-29-7-1-3-13-41(29,37(43)51)15-5-17-57-19-21-59-23-25-61-26-24-60-22-20-58-18-6-16-42-14-4-2-8-30(42)28-44(38(42)52)32-10-12-34(48)46(36(32)50)40(55)56/h1-4,7-8,13-14,27-28,31-32H,5-6,9-12,15-26H2,(H,53,54)(H,55,56). The summed E-state index contributed by atoms with van der Waals surface area (Å²) in [7, 11) is 0. The Hall–Kier alpha value is -5.60. The van der Waals surface area contributed by atoms with Crippen LogP contribution < -0.4 is 0 Å². The van der Waals surface area contributed by atoms with E-state index in [4.69, 9.17) is 23.7 Å². The van der Waals surface area contributed by atoms with Crippen molar-refractivity contribution in [1.82, 2.24) is 19.6 Å². The molecule has 0 aromatic carbocycles. The molecule has 0 aromatic heterocycles. The number of hydrogen-bond acceptors (Lipinski definition) is 13. The Morgan fingerprint density at radius 1 is 0.541 bits per heavy atom. The zero-order valence-electron chi connectivity index (χ0n) is 33.6. The van der Waals surface area contributed by atoms with E-state index < -0.39 is 58.7 Å². The second-order valence-electron chi connectivity index (χ2n) is 15.1. The first-order valence-corrected chi connectivity index (χ1v) is 20.3. The second kappa shape index (κ2) is 20.3. The number of amides is 8. The molecule has 0 saturated carbocycles. The molecule has 2 saturated heterocycles. The predicted molar refractivity (Wildman–Crippen MR) is 210 cm³/mol. The number of likely N-dealkylation sites (tertiary alicyclic amines) is 2. The van der Waals surface area contributed by atoms with Gasteiger partial charge in [0.05, 0.1) is 63.7 Å². The van der Waals surface area contributed by atoms with Crippen LogP contribution in [0.15, 0.2) is 72.2 Å². The maximum absolute atomic E-state index is 13.7. The zero-order valence-corrected chi connectivity index (χ0v) is 33.6. The zero-order chi connectivity index (χ0) is 43.6. The molecule has 4 heterocycles. The predicted octanol–water partition coefficient (Wildman–Crippen LogP) is 2.70. The Labute approximate surface area is 351 Å². The van der Waals surface area contributed by atoms with E-state index in [0.717, 1.165) is 0 Å². The van der Waals surface area contributed by atoms with Gasteiger partial charge < -0.3 is 43.7 Å². The monoisotopic (exact) mass is 850 g/mol. The summed E-state index contributed by atoms with van der Waals surface area (Å²) in [5.74, 6) is -4.14. The van der Waals surface area contributed by atoms with E-state index in [1.165, 1.54) is 9.80 Å². The third-order valence-corrected chi connectivity index (χ3v) is 11.4. The van der Waals surface area contributed by atoms with E-state index >= 15 is 0 Å². The quantitative estimate of drug-likeness (QED) is 0.118. The number of allylic oxidation sites excluding steroid dienone is 6. The topological polar surface area (TPSA) is 236 Å². The highest BCUT2D eigenvalue weighted by Gasteiger charge is 2.53. The molecule has 2 fully saturated rings. The largest absolute Gasteiger partial charge is 0.464 e. The molecule has 19 heteroatoms. The van der Waals surface area contributed by atoms with Gasteiger partial charge in [0.15, 0.2) is 0 Å². The number of carbonyl (C=O) groups excluding carboxylic acids is 6. The summed E-state index contributed by atoms with van der Waals surface area (Å²) in [5, 5.41) is 18.7. The maximum Gasteiger partial charge on any atom is 0.421 e. The van der Waals surface area contributed by atoms with Crippen LogP contribution in [-0.4, -0.2) is 156 Å². The van der Waals surface area contributed by atoms with Gasteiger partial charge in [-0.25, -0.2) is 9.59 Å². The third kappa shape index (κ3) is 9.65. The fraction of sp³-hybridized carbons (Fsp3) is 0.524. The molecule has 0 bridgehead atoms. The third-order valence-electron chi connectivity index (χ3n) is 11.4. The molecular formula is C42H50N4O15. The van der Waals surface area contributed by atoms with E-state index in [1.807, 2.05) is 0 Å². The maximum atomic E-state index is 13.7. The number of carbonyl (C=O) groups is 8. The average molecular weight is 851 g/mol. The van der Waals surface area contributed by atoms with Crippen molar-refractivity contribution in [3.8, 4) is 0 Å². The van der Waals surface area contributed by atoms with Crippen molar-refractivity contribution in [3.05, 3.63) is 72.2 Å². The van der Waals surface area contributed by atoms with Crippen molar-refractivity contribution in [1.29, 1.82) is 0 Å². The summed E-state index contributed by atoms with van der Waals surface area (Å²) in [6.07, 6.45) is 15.8. The molecule has 4 aliphatic heterocycles. The van der Waals surface area contributed by atoms with Crippen molar-refractivity contribution < 1.29 is 72.3 Å². The highest BCUT2D eigenvalue weighted by molar-refractivity contribution is 6.14. The molecule has 2 aliphatic carbocycles. The Morgan fingerprint density at radius 2 is 0.885 bits per heavy atom. The summed E-state index contributed by atoms with van der Waals surface area (Å²) in [5.41, 5.74) is -0.623. The first-order chi connectivity index (χ1) is 29.4. The average Bonchev–Trinajstić information content (AvgIpc) is 3.68. The lowest BCUT2D eigenvalue weighted by molar-refractivity contribution is -0.154. The Bertz CT molecular complexity index is 1820. The van der Waals surface area contributed by atoms with Crippen molar-refractivity contribution in [2.24, 2.45) is 10.8 Å². The molecular weight excluding hydrogens is 800 g/mol. The van der Waals surface area contributed by atoms with Crippen LogP contribution >= 0.6 is 0 Å². The second-order valence-corrected chi connectivity index (χ2v) is 15.1. The van der Waals surface area contributed by atoms with Gasteiger partial charge in [0.1, 0.15) is 12.1 Å². The summed E-state index contributed by atoms with van der Waals surface area (Å²) in [6.45, 7) is 3.53. The number of ether oxygens (including phenoxy) is 5. The van der Waals surface area contributed by atoms with Crippen molar-refractivity contribution in [2.45, 2.75) is 63.5 Å². The molecule has 61 heavy (non-hydrogen) atoms. The van der Waals surface area contributed by atoms with Gasteiger partial charge in [-0.1, -0.05) is 48.6 Å². The van der Waals surface area contributed by atoms with Gasteiger partial charge in [-0.2, -0.15) is 9.80 Å².